The van der Waals surface area contributed by atoms with E-state index in [2.05, 4.69) is 20.2 Å². The van der Waals surface area contributed by atoms with Crippen LogP contribution in [0, 0.1) is 0 Å². The van der Waals surface area contributed by atoms with Crippen LogP contribution in [0.25, 0.3) is 11.3 Å². The minimum absolute atomic E-state index is 0.581. The van der Waals surface area contributed by atoms with Gasteiger partial charge in [0.2, 0.25) is 5.89 Å². The number of aromatic nitrogens is 3. The van der Waals surface area contributed by atoms with Crippen LogP contribution in [0.1, 0.15) is 23.0 Å². The van der Waals surface area contributed by atoms with Crippen LogP contribution in [-0.4, -0.2) is 40.5 Å². The van der Waals surface area contributed by atoms with Gasteiger partial charge in [-0.3, -0.25) is 4.90 Å². The molecule has 1 aromatic carbocycles. The monoisotopic (exact) mass is 374 g/mol. The third-order valence-electron chi connectivity index (χ3n) is 4.42. The zero-order valence-corrected chi connectivity index (χ0v) is 15.2. The average Bonchev–Trinajstić information content (AvgIpc) is 3.27. The van der Waals surface area contributed by atoms with Crippen LogP contribution in [0.4, 0.5) is 0 Å². The first kappa shape index (κ1) is 17.2. The van der Waals surface area contributed by atoms with Crippen LogP contribution < -0.4 is 0 Å². The van der Waals surface area contributed by atoms with Crippen LogP contribution in [0.3, 0.4) is 0 Å². The van der Waals surface area contributed by atoms with Crippen molar-refractivity contribution in [3.63, 3.8) is 0 Å². The summed E-state index contributed by atoms with van der Waals surface area (Å²) >= 11 is 5.98. The Morgan fingerprint density at radius 2 is 2.04 bits per heavy atom. The number of nitrogens with zero attached hydrogens (tertiary/aromatic N) is 4. The molecule has 0 saturated carbocycles. The topological polar surface area (TPSA) is 77.4 Å². The first-order chi connectivity index (χ1) is 12.7. The number of rotatable bonds is 6. The third-order valence-corrected chi connectivity index (χ3v) is 4.67. The molecule has 4 rings (SSSR count). The molecule has 0 atom stereocenters. The fourth-order valence-electron chi connectivity index (χ4n) is 3.08. The molecule has 0 spiro atoms. The van der Waals surface area contributed by atoms with E-state index < -0.39 is 0 Å². The van der Waals surface area contributed by atoms with Gasteiger partial charge in [0.15, 0.2) is 5.82 Å². The Morgan fingerprint density at radius 3 is 2.85 bits per heavy atom. The van der Waals surface area contributed by atoms with Crippen LogP contribution in [0.5, 0.6) is 0 Å². The molecule has 0 amide bonds. The van der Waals surface area contributed by atoms with Gasteiger partial charge in [-0.05, 0) is 12.1 Å². The number of methoxy groups -OCH3 is 1. The number of halogens is 1. The fraction of sp³-hybridized carbons (Fsp3) is 0.389. The Balaban J connectivity index is 1.48. The van der Waals surface area contributed by atoms with E-state index in [4.69, 9.17) is 25.4 Å². The summed E-state index contributed by atoms with van der Waals surface area (Å²) in [6.45, 7) is 2.77. The van der Waals surface area contributed by atoms with Gasteiger partial charge in [0.05, 0.1) is 13.2 Å². The Bertz CT molecular complexity index is 875. The lowest BCUT2D eigenvalue weighted by Gasteiger charge is -2.24. The van der Waals surface area contributed by atoms with E-state index in [1.54, 1.807) is 7.11 Å². The molecule has 0 radical (unpaired) electrons. The molecule has 1 aliphatic heterocycles. The number of ether oxygens (including phenoxy) is 1. The molecule has 0 unspecified atom stereocenters. The smallest absolute Gasteiger partial charge is 0.240 e. The maximum Gasteiger partial charge on any atom is 0.240 e. The molecule has 0 fully saturated rings. The van der Waals surface area contributed by atoms with Crippen LogP contribution >= 0.6 is 11.6 Å². The molecule has 0 bridgehead atoms. The lowest BCUT2D eigenvalue weighted by Crippen LogP contribution is -2.29. The minimum atomic E-state index is 0.581. The van der Waals surface area contributed by atoms with Crippen molar-refractivity contribution in [1.82, 2.24) is 20.2 Å². The van der Waals surface area contributed by atoms with Gasteiger partial charge >= 0.3 is 0 Å². The van der Waals surface area contributed by atoms with Crippen molar-refractivity contribution in [2.45, 2.75) is 25.9 Å². The summed E-state index contributed by atoms with van der Waals surface area (Å²) in [4.78, 5) is 6.68. The molecule has 3 heterocycles. The molecule has 1 aliphatic rings. The van der Waals surface area contributed by atoms with E-state index in [1.165, 1.54) is 0 Å². The highest BCUT2D eigenvalue weighted by atomic mass is 35.5. The molecule has 8 heteroatoms. The van der Waals surface area contributed by atoms with Crippen molar-refractivity contribution < 1.29 is 13.8 Å². The van der Waals surface area contributed by atoms with Crippen molar-refractivity contribution in [3.8, 4) is 11.3 Å². The first-order valence-electron chi connectivity index (χ1n) is 8.49. The summed E-state index contributed by atoms with van der Waals surface area (Å²) in [5, 5.41) is 8.96. The predicted octanol–water partition coefficient (Wildman–Crippen LogP) is 3.13. The maximum atomic E-state index is 5.98. The highest BCUT2D eigenvalue weighted by Gasteiger charge is 2.26. The van der Waals surface area contributed by atoms with Crippen molar-refractivity contribution in [3.05, 3.63) is 52.3 Å². The number of hydrogen-bond donors (Lipinski definition) is 0. The summed E-state index contributed by atoms with van der Waals surface area (Å²) < 4.78 is 15.9. The summed E-state index contributed by atoms with van der Waals surface area (Å²) in [7, 11) is 1.66. The maximum absolute atomic E-state index is 5.98. The van der Waals surface area contributed by atoms with Gasteiger partial charge in [0, 0.05) is 49.2 Å². The standard InChI is InChI=1S/C18H19ClN4O3/c1-24-9-7-16-20-17(26-21-16)11-23-8-6-15-14(10-23)18(22-25-15)12-2-4-13(19)5-3-12/h2-5H,6-11H2,1H3. The Kier molecular flexibility index (Phi) is 5.01. The van der Waals surface area contributed by atoms with Crippen molar-refractivity contribution >= 4 is 11.6 Å². The zero-order chi connectivity index (χ0) is 17.9. The lowest BCUT2D eigenvalue weighted by molar-refractivity contribution is 0.197. The third kappa shape index (κ3) is 3.65. The number of benzene rings is 1. The van der Waals surface area contributed by atoms with Crippen LogP contribution in [0.15, 0.2) is 33.3 Å². The minimum Gasteiger partial charge on any atom is -0.384 e. The highest BCUT2D eigenvalue weighted by molar-refractivity contribution is 6.30. The van der Waals surface area contributed by atoms with E-state index in [0.29, 0.717) is 36.3 Å². The van der Waals surface area contributed by atoms with E-state index in [-0.39, 0.29) is 0 Å². The number of fused-ring (bicyclic) bond motifs is 1. The summed E-state index contributed by atoms with van der Waals surface area (Å²) in [5.41, 5.74) is 2.98. The predicted molar refractivity (Wildman–Crippen MR) is 94.6 cm³/mol. The normalized spacial score (nSPS) is 14.5. The van der Waals surface area contributed by atoms with E-state index in [0.717, 1.165) is 42.1 Å². The highest BCUT2D eigenvalue weighted by Crippen LogP contribution is 2.31. The van der Waals surface area contributed by atoms with Gasteiger partial charge in [-0.2, -0.15) is 4.98 Å². The largest absolute Gasteiger partial charge is 0.384 e. The van der Waals surface area contributed by atoms with Gasteiger partial charge in [0.1, 0.15) is 11.5 Å². The van der Waals surface area contributed by atoms with Crippen molar-refractivity contribution in [1.29, 1.82) is 0 Å². The SMILES string of the molecule is COCCc1noc(CN2CCc3onc(-c4ccc(Cl)cc4)c3C2)n1. The van der Waals surface area contributed by atoms with Gasteiger partial charge in [-0.25, -0.2) is 0 Å². The van der Waals surface area contributed by atoms with Gasteiger partial charge in [-0.15, -0.1) is 0 Å². The lowest BCUT2D eigenvalue weighted by atomic mass is 10.0. The average molecular weight is 375 g/mol. The molecule has 0 saturated heterocycles. The van der Waals surface area contributed by atoms with Crippen LogP contribution in [-0.2, 0) is 30.7 Å². The van der Waals surface area contributed by atoms with E-state index >= 15 is 0 Å². The summed E-state index contributed by atoms with van der Waals surface area (Å²) in [5.74, 6) is 2.23. The molecule has 7 nitrogen and oxygen atoms in total. The quantitative estimate of drug-likeness (QED) is 0.655. The Hall–Kier alpha value is -2.22. The van der Waals surface area contributed by atoms with E-state index in [9.17, 15) is 0 Å². The molecular weight excluding hydrogens is 356 g/mol. The van der Waals surface area contributed by atoms with Crippen molar-refractivity contribution in [2.24, 2.45) is 0 Å². The second-order valence-corrected chi connectivity index (χ2v) is 6.68. The zero-order valence-electron chi connectivity index (χ0n) is 14.4. The molecule has 0 aliphatic carbocycles. The molecule has 136 valence electrons. The molecule has 26 heavy (non-hydrogen) atoms. The van der Waals surface area contributed by atoms with Gasteiger partial charge < -0.3 is 13.8 Å². The Morgan fingerprint density at radius 1 is 1.19 bits per heavy atom. The van der Waals surface area contributed by atoms with Gasteiger partial charge in [0.25, 0.3) is 0 Å². The second-order valence-electron chi connectivity index (χ2n) is 6.25. The second kappa shape index (κ2) is 7.57. The molecule has 0 N–H and O–H groups in total. The fourth-order valence-corrected chi connectivity index (χ4v) is 3.20. The molecule has 3 aromatic rings. The molecule has 2 aromatic heterocycles. The first-order valence-corrected chi connectivity index (χ1v) is 8.87. The van der Waals surface area contributed by atoms with Crippen LogP contribution in [0.2, 0.25) is 5.02 Å². The van der Waals surface area contributed by atoms with Crippen molar-refractivity contribution in [2.75, 3.05) is 20.3 Å². The summed E-state index contributed by atoms with van der Waals surface area (Å²) in [6.07, 6.45) is 1.46. The van der Waals surface area contributed by atoms with Gasteiger partial charge in [-0.1, -0.05) is 34.0 Å². The number of hydrogen-bond acceptors (Lipinski definition) is 7. The van der Waals surface area contributed by atoms with E-state index in [1.807, 2.05) is 24.3 Å². The summed E-state index contributed by atoms with van der Waals surface area (Å²) in [6, 6.07) is 7.63. The molecular formula is C18H19ClN4O3. The Labute approximate surface area is 155 Å².